The maximum atomic E-state index is 4.81. The molecule has 0 bridgehead atoms. The predicted molar refractivity (Wildman–Crippen MR) is 77.4 cm³/mol. The van der Waals surface area contributed by atoms with E-state index in [2.05, 4.69) is 49.6 Å². The van der Waals surface area contributed by atoms with Gasteiger partial charge in [0.15, 0.2) is 0 Å². The van der Waals surface area contributed by atoms with Crippen molar-refractivity contribution < 1.29 is 4.74 Å². The van der Waals surface area contributed by atoms with Gasteiger partial charge in [-0.2, -0.15) is 0 Å². The molecule has 1 radical (unpaired) electrons. The number of hydrogen-bond acceptors (Lipinski definition) is 1. The summed E-state index contributed by atoms with van der Waals surface area (Å²) < 4.78 is 4.81. The second-order valence-electron chi connectivity index (χ2n) is 4.71. The van der Waals surface area contributed by atoms with Gasteiger partial charge in [0.25, 0.3) is 0 Å². The Hall–Kier alpha value is -1.34. The Morgan fingerprint density at radius 2 is 1.61 bits per heavy atom. The molecule has 18 heavy (non-hydrogen) atoms. The van der Waals surface area contributed by atoms with Gasteiger partial charge in [0.1, 0.15) is 0 Å². The maximum Gasteiger partial charge on any atom is 0.0700 e. The molecule has 0 fully saturated rings. The number of hydrogen-bond donors (Lipinski definition) is 0. The van der Waals surface area contributed by atoms with Crippen molar-refractivity contribution in [2.24, 2.45) is 0 Å². The van der Waals surface area contributed by atoms with Gasteiger partial charge >= 0.3 is 0 Å². The summed E-state index contributed by atoms with van der Waals surface area (Å²) in [5.41, 5.74) is 1.47. The third-order valence-electron chi connectivity index (χ3n) is 3.36. The minimum Gasteiger partial charge on any atom is -0.379 e. The van der Waals surface area contributed by atoms with Crippen LogP contribution in [0.5, 0.6) is 0 Å². The minimum absolute atomic E-state index is 0.786. The van der Waals surface area contributed by atoms with Gasteiger partial charge in [-0.3, -0.25) is 0 Å². The van der Waals surface area contributed by atoms with E-state index in [4.69, 9.17) is 4.74 Å². The summed E-state index contributed by atoms with van der Waals surface area (Å²) in [6, 6.07) is 15.2. The lowest BCUT2D eigenvalue weighted by atomic mass is 9.99. The summed E-state index contributed by atoms with van der Waals surface area (Å²) in [5, 5.41) is 2.75. The number of fused-ring (bicyclic) bond motifs is 1. The standard InChI is InChI=1S/C17H21O/c1-18-14-7-3-2-4-9-15-11-8-12-16-10-5-6-13-17(15)16/h5-6,8,10-13H,1-4,7,9,14H2. The van der Waals surface area contributed by atoms with E-state index < -0.39 is 0 Å². The second-order valence-corrected chi connectivity index (χ2v) is 4.71. The van der Waals surface area contributed by atoms with Crippen molar-refractivity contribution in [3.05, 3.63) is 55.1 Å². The van der Waals surface area contributed by atoms with Crippen LogP contribution in [0.2, 0.25) is 0 Å². The molecule has 0 spiro atoms. The van der Waals surface area contributed by atoms with Crippen LogP contribution in [0, 0.1) is 7.11 Å². The van der Waals surface area contributed by atoms with Crippen molar-refractivity contribution in [3.8, 4) is 0 Å². The number of rotatable bonds is 7. The van der Waals surface area contributed by atoms with Crippen LogP contribution in [0.1, 0.15) is 31.2 Å². The van der Waals surface area contributed by atoms with Crippen molar-refractivity contribution in [2.75, 3.05) is 6.61 Å². The van der Waals surface area contributed by atoms with Gasteiger partial charge in [0.05, 0.1) is 7.11 Å². The van der Waals surface area contributed by atoms with Gasteiger partial charge in [0, 0.05) is 6.61 Å². The molecule has 2 rings (SSSR count). The molecular weight excluding hydrogens is 220 g/mol. The van der Waals surface area contributed by atoms with Crippen LogP contribution in [0.25, 0.3) is 10.8 Å². The van der Waals surface area contributed by atoms with Crippen molar-refractivity contribution in [3.63, 3.8) is 0 Å². The molecule has 0 N–H and O–H groups in total. The summed E-state index contributed by atoms with van der Waals surface area (Å²) >= 11 is 0. The fourth-order valence-corrected chi connectivity index (χ4v) is 2.38. The quantitative estimate of drug-likeness (QED) is 0.635. The van der Waals surface area contributed by atoms with E-state index in [1.165, 1.54) is 42.0 Å². The first-order valence-corrected chi connectivity index (χ1v) is 6.75. The van der Waals surface area contributed by atoms with Crippen molar-refractivity contribution in [2.45, 2.75) is 32.1 Å². The Balaban J connectivity index is 1.88. The van der Waals surface area contributed by atoms with Crippen LogP contribution >= 0.6 is 0 Å². The van der Waals surface area contributed by atoms with E-state index in [9.17, 15) is 0 Å². The first-order valence-electron chi connectivity index (χ1n) is 6.75. The zero-order valence-corrected chi connectivity index (χ0v) is 10.9. The van der Waals surface area contributed by atoms with Crippen LogP contribution in [0.15, 0.2) is 42.5 Å². The predicted octanol–water partition coefficient (Wildman–Crippen LogP) is 4.75. The molecule has 0 amide bonds. The van der Waals surface area contributed by atoms with Gasteiger partial charge < -0.3 is 4.74 Å². The fraction of sp³-hybridized carbons (Fsp3) is 0.353. The monoisotopic (exact) mass is 241 g/mol. The summed E-state index contributed by atoms with van der Waals surface area (Å²) in [5.74, 6) is 0. The third kappa shape index (κ3) is 3.58. The molecule has 0 aliphatic rings. The molecule has 0 saturated carbocycles. The molecule has 0 unspecified atom stereocenters. The highest BCUT2D eigenvalue weighted by Gasteiger charge is 1.99. The zero-order chi connectivity index (χ0) is 12.6. The van der Waals surface area contributed by atoms with E-state index in [0.29, 0.717) is 0 Å². The molecule has 0 saturated heterocycles. The van der Waals surface area contributed by atoms with Crippen LogP contribution < -0.4 is 0 Å². The lowest BCUT2D eigenvalue weighted by molar-refractivity contribution is 0.233. The first kappa shape index (κ1) is 13.1. The van der Waals surface area contributed by atoms with E-state index in [1.54, 1.807) is 0 Å². The van der Waals surface area contributed by atoms with Gasteiger partial charge in [-0.25, -0.2) is 0 Å². The maximum absolute atomic E-state index is 4.81. The average molecular weight is 241 g/mol. The zero-order valence-electron chi connectivity index (χ0n) is 10.9. The average Bonchev–Trinajstić information content (AvgIpc) is 2.43. The van der Waals surface area contributed by atoms with E-state index >= 15 is 0 Å². The van der Waals surface area contributed by atoms with Crippen LogP contribution in [0.3, 0.4) is 0 Å². The van der Waals surface area contributed by atoms with Crippen molar-refractivity contribution >= 4 is 10.8 Å². The lowest BCUT2D eigenvalue weighted by Crippen LogP contribution is -1.90. The highest BCUT2D eigenvalue weighted by Crippen LogP contribution is 2.20. The van der Waals surface area contributed by atoms with Crippen LogP contribution in [-0.4, -0.2) is 6.61 Å². The first-order chi connectivity index (χ1) is 8.92. The van der Waals surface area contributed by atoms with Gasteiger partial charge in [-0.1, -0.05) is 55.3 Å². The number of ether oxygens (including phenoxy) is 1. The summed E-state index contributed by atoms with van der Waals surface area (Å²) in [6.07, 6.45) is 6.06. The Bertz CT molecular complexity index is 470. The summed E-state index contributed by atoms with van der Waals surface area (Å²) in [7, 11) is 3.39. The molecule has 0 aliphatic heterocycles. The molecule has 0 aromatic heterocycles. The van der Waals surface area contributed by atoms with Gasteiger partial charge in [-0.05, 0) is 35.6 Å². The second kappa shape index (κ2) is 7.17. The molecule has 0 aliphatic carbocycles. The molecule has 1 nitrogen and oxygen atoms in total. The highest BCUT2D eigenvalue weighted by molar-refractivity contribution is 5.85. The molecule has 2 aromatic carbocycles. The summed E-state index contributed by atoms with van der Waals surface area (Å²) in [4.78, 5) is 0. The normalized spacial score (nSPS) is 10.9. The van der Waals surface area contributed by atoms with Gasteiger partial charge in [-0.15, -0.1) is 0 Å². The number of aryl methyl sites for hydroxylation is 1. The summed E-state index contributed by atoms with van der Waals surface area (Å²) in [6.45, 7) is 0.786. The Labute approximate surface area is 110 Å². The lowest BCUT2D eigenvalue weighted by Gasteiger charge is -2.06. The third-order valence-corrected chi connectivity index (χ3v) is 3.36. The molecule has 1 heteroatoms. The molecular formula is C17H21O. The van der Waals surface area contributed by atoms with Crippen molar-refractivity contribution in [1.82, 2.24) is 0 Å². The molecule has 0 atom stereocenters. The van der Waals surface area contributed by atoms with Crippen LogP contribution in [-0.2, 0) is 11.2 Å². The van der Waals surface area contributed by atoms with E-state index in [0.717, 1.165) is 13.0 Å². The fourth-order valence-electron chi connectivity index (χ4n) is 2.38. The topological polar surface area (TPSA) is 9.23 Å². The Morgan fingerprint density at radius 3 is 2.50 bits per heavy atom. The SMILES string of the molecule is [CH2]OCCCCCCc1cccc2ccccc12. The van der Waals surface area contributed by atoms with E-state index in [1.807, 2.05) is 0 Å². The molecule has 2 aromatic rings. The van der Waals surface area contributed by atoms with E-state index in [-0.39, 0.29) is 0 Å². The Morgan fingerprint density at radius 1 is 0.833 bits per heavy atom. The number of unbranched alkanes of at least 4 members (excludes halogenated alkanes) is 3. The van der Waals surface area contributed by atoms with Crippen molar-refractivity contribution in [1.29, 1.82) is 0 Å². The molecule has 95 valence electrons. The highest BCUT2D eigenvalue weighted by atomic mass is 16.5. The van der Waals surface area contributed by atoms with Crippen LogP contribution in [0.4, 0.5) is 0 Å². The minimum atomic E-state index is 0.786. The largest absolute Gasteiger partial charge is 0.379 e. The Kier molecular flexibility index (Phi) is 5.22. The smallest absolute Gasteiger partial charge is 0.0700 e. The van der Waals surface area contributed by atoms with Gasteiger partial charge in [0.2, 0.25) is 0 Å². The molecule has 0 heterocycles. The number of benzene rings is 2.